The largest absolute Gasteiger partial charge is 0.476 e. The molecule has 6 heteroatoms. The van der Waals surface area contributed by atoms with Crippen molar-refractivity contribution in [3.8, 4) is 0 Å². The number of nitrogens with one attached hydrogen (secondary N) is 1. The van der Waals surface area contributed by atoms with Gasteiger partial charge in [0.25, 0.3) is 0 Å². The SMILES string of the molecule is O=CNCCc1nc(C(=O)O)cs1. The number of thiazole rings is 1. The lowest BCUT2D eigenvalue weighted by Gasteiger charge is -1.93. The summed E-state index contributed by atoms with van der Waals surface area (Å²) in [5.74, 6) is -1.02. The van der Waals surface area contributed by atoms with E-state index in [1.807, 2.05) is 0 Å². The van der Waals surface area contributed by atoms with Crippen molar-refractivity contribution >= 4 is 23.7 Å². The van der Waals surface area contributed by atoms with E-state index in [0.717, 1.165) is 0 Å². The summed E-state index contributed by atoms with van der Waals surface area (Å²) in [4.78, 5) is 24.1. The zero-order valence-corrected chi connectivity index (χ0v) is 7.50. The molecule has 0 aliphatic rings. The Morgan fingerprint density at radius 1 is 1.77 bits per heavy atom. The van der Waals surface area contributed by atoms with Crippen molar-refractivity contribution in [1.29, 1.82) is 0 Å². The number of hydrogen-bond acceptors (Lipinski definition) is 4. The van der Waals surface area contributed by atoms with Gasteiger partial charge in [-0.15, -0.1) is 11.3 Å². The molecule has 2 N–H and O–H groups in total. The third kappa shape index (κ3) is 2.83. The van der Waals surface area contributed by atoms with Gasteiger partial charge in [-0.3, -0.25) is 4.79 Å². The average molecular weight is 200 g/mol. The number of rotatable bonds is 5. The van der Waals surface area contributed by atoms with E-state index in [1.54, 1.807) is 0 Å². The first-order chi connectivity index (χ1) is 6.24. The molecule has 0 atom stereocenters. The number of carbonyl (C=O) groups excluding carboxylic acids is 1. The van der Waals surface area contributed by atoms with Gasteiger partial charge in [-0.2, -0.15) is 0 Å². The van der Waals surface area contributed by atoms with Crippen LogP contribution < -0.4 is 5.32 Å². The first kappa shape index (κ1) is 9.66. The fourth-order valence-electron chi connectivity index (χ4n) is 0.762. The van der Waals surface area contributed by atoms with E-state index in [-0.39, 0.29) is 5.69 Å². The van der Waals surface area contributed by atoms with Gasteiger partial charge in [0, 0.05) is 18.3 Å². The van der Waals surface area contributed by atoms with Gasteiger partial charge < -0.3 is 10.4 Å². The number of carbonyl (C=O) groups is 2. The van der Waals surface area contributed by atoms with Gasteiger partial charge in [0.1, 0.15) is 0 Å². The highest BCUT2D eigenvalue weighted by molar-refractivity contribution is 7.09. The standard InChI is InChI=1S/C7H8N2O3S/c10-4-8-2-1-6-9-5(3-13-6)7(11)12/h3-4H,1-2H2,(H,8,10)(H,11,12). The van der Waals surface area contributed by atoms with Crippen LogP contribution in [0.15, 0.2) is 5.38 Å². The fraction of sp³-hybridized carbons (Fsp3) is 0.286. The van der Waals surface area contributed by atoms with Gasteiger partial charge in [-0.25, -0.2) is 9.78 Å². The topological polar surface area (TPSA) is 79.3 Å². The van der Waals surface area contributed by atoms with Crippen LogP contribution in [-0.2, 0) is 11.2 Å². The molecule has 70 valence electrons. The second kappa shape index (κ2) is 4.56. The van der Waals surface area contributed by atoms with Crippen LogP contribution in [0, 0.1) is 0 Å². The molecular weight excluding hydrogens is 192 g/mol. The molecule has 0 unspecified atom stereocenters. The van der Waals surface area contributed by atoms with Crippen molar-refractivity contribution in [2.24, 2.45) is 0 Å². The Balaban J connectivity index is 2.49. The Hall–Kier alpha value is -1.43. The normalized spacial score (nSPS) is 9.54. The zero-order valence-electron chi connectivity index (χ0n) is 6.69. The molecule has 0 radical (unpaired) electrons. The Morgan fingerprint density at radius 2 is 2.54 bits per heavy atom. The maximum Gasteiger partial charge on any atom is 0.355 e. The third-order valence-electron chi connectivity index (χ3n) is 1.34. The van der Waals surface area contributed by atoms with Crippen molar-refractivity contribution in [2.45, 2.75) is 6.42 Å². The Labute approximate surface area is 78.4 Å². The molecular formula is C7H8N2O3S. The van der Waals surface area contributed by atoms with Crippen molar-refractivity contribution < 1.29 is 14.7 Å². The van der Waals surface area contributed by atoms with Crippen molar-refractivity contribution in [1.82, 2.24) is 10.3 Å². The lowest BCUT2D eigenvalue weighted by Crippen LogP contribution is -2.14. The number of carboxylic acids is 1. The van der Waals surface area contributed by atoms with Gasteiger partial charge in [0.05, 0.1) is 5.01 Å². The Kier molecular flexibility index (Phi) is 3.39. The van der Waals surface area contributed by atoms with Gasteiger partial charge in [-0.05, 0) is 0 Å². The predicted molar refractivity (Wildman–Crippen MR) is 46.8 cm³/mol. The van der Waals surface area contributed by atoms with E-state index in [0.29, 0.717) is 24.4 Å². The van der Waals surface area contributed by atoms with Crippen LogP contribution >= 0.6 is 11.3 Å². The van der Waals surface area contributed by atoms with Crippen LogP contribution in [0.5, 0.6) is 0 Å². The number of amides is 1. The number of aromatic carboxylic acids is 1. The Bertz CT molecular complexity index is 310. The molecule has 1 aromatic heterocycles. The van der Waals surface area contributed by atoms with Crippen molar-refractivity contribution in [3.05, 3.63) is 16.1 Å². The van der Waals surface area contributed by atoms with Gasteiger partial charge in [-0.1, -0.05) is 0 Å². The van der Waals surface area contributed by atoms with Crippen LogP contribution in [0.2, 0.25) is 0 Å². The van der Waals surface area contributed by atoms with E-state index in [2.05, 4.69) is 10.3 Å². The molecule has 0 saturated carbocycles. The first-order valence-corrected chi connectivity index (χ1v) is 4.46. The number of nitrogens with zero attached hydrogens (tertiary/aromatic N) is 1. The summed E-state index contributed by atoms with van der Waals surface area (Å²) in [6, 6.07) is 0. The molecule has 0 saturated heterocycles. The summed E-state index contributed by atoms with van der Waals surface area (Å²) in [5.41, 5.74) is 0.0612. The summed E-state index contributed by atoms with van der Waals surface area (Å²) < 4.78 is 0. The Morgan fingerprint density at radius 3 is 3.08 bits per heavy atom. The van der Waals surface area contributed by atoms with E-state index in [1.165, 1.54) is 16.7 Å². The van der Waals surface area contributed by atoms with Crippen LogP contribution in [0.1, 0.15) is 15.5 Å². The monoisotopic (exact) mass is 200 g/mol. The molecule has 5 nitrogen and oxygen atoms in total. The first-order valence-electron chi connectivity index (χ1n) is 3.58. The van der Waals surface area contributed by atoms with Crippen molar-refractivity contribution in [3.63, 3.8) is 0 Å². The molecule has 1 rings (SSSR count). The molecule has 0 aliphatic carbocycles. The highest BCUT2D eigenvalue weighted by Gasteiger charge is 2.07. The van der Waals surface area contributed by atoms with Crippen molar-refractivity contribution in [2.75, 3.05) is 6.54 Å². The minimum Gasteiger partial charge on any atom is -0.476 e. The summed E-state index contributed by atoms with van der Waals surface area (Å²) in [7, 11) is 0. The van der Waals surface area contributed by atoms with Gasteiger partial charge >= 0.3 is 5.97 Å². The number of carboxylic acid groups (broad SMARTS) is 1. The van der Waals surface area contributed by atoms with Crippen LogP contribution in [-0.4, -0.2) is 29.0 Å². The van der Waals surface area contributed by atoms with E-state index in [4.69, 9.17) is 5.11 Å². The van der Waals surface area contributed by atoms with Gasteiger partial charge in [0.15, 0.2) is 5.69 Å². The predicted octanol–water partition coefficient (Wildman–Crippen LogP) is 0.130. The molecule has 0 spiro atoms. The van der Waals surface area contributed by atoms with Gasteiger partial charge in [0.2, 0.25) is 6.41 Å². The minimum atomic E-state index is -1.02. The molecule has 1 heterocycles. The summed E-state index contributed by atoms with van der Waals surface area (Å²) in [5, 5.41) is 13.2. The van der Waals surface area contributed by atoms with Crippen LogP contribution in [0.3, 0.4) is 0 Å². The molecule has 13 heavy (non-hydrogen) atoms. The summed E-state index contributed by atoms with van der Waals surface area (Å²) in [6.07, 6.45) is 1.17. The maximum absolute atomic E-state index is 10.4. The third-order valence-corrected chi connectivity index (χ3v) is 2.25. The lowest BCUT2D eigenvalue weighted by molar-refractivity contribution is -0.109. The molecule has 1 amide bonds. The molecule has 1 aromatic rings. The summed E-state index contributed by atoms with van der Waals surface area (Å²) in [6.45, 7) is 0.482. The zero-order chi connectivity index (χ0) is 9.68. The number of hydrogen-bond donors (Lipinski definition) is 2. The smallest absolute Gasteiger partial charge is 0.355 e. The lowest BCUT2D eigenvalue weighted by atomic mass is 10.4. The minimum absolute atomic E-state index is 0.0612. The quantitative estimate of drug-likeness (QED) is 0.523. The number of aromatic nitrogens is 1. The molecule has 0 aromatic carbocycles. The highest BCUT2D eigenvalue weighted by atomic mass is 32.1. The molecule has 0 fully saturated rings. The molecule has 0 aliphatic heterocycles. The second-order valence-electron chi connectivity index (χ2n) is 2.25. The maximum atomic E-state index is 10.4. The average Bonchev–Trinajstić information content (AvgIpc) is 2.53. The second-order valence-corrected chi connectivity index (χ2v) is 3.20. The van der Waals surface area contributed by atoms with E-state index in [9.17, 15) is 9.59 Å². The van der Waals surface area contributed by atoms with E-state index >= 15 is 0 Å². The highest BCUT2D eigenvalue weighted by Crippen LogP contribution is 2.09. The van der Waals surface area contributed by atoms with E-state index < -0.39 is 5.97 Å². The molecule has 0 bridgehead atoms. The van der Waals surface area contributed by atoms with Crippen LogP contribution in [0.25, 0.3) is 0 Å². The fourth-order valence-corrected chi connectivity index (χ4v) is 1.53. The van der Waals surface area contributed by atoms with Crippen LogP contribution in [0.4, 0.5) is 0 Å². The summed E-state index contributed by atoms with van der Waals surface area (Å²) >= 11 is 1.28.